The summed E-state index contributed by atoms with van der Waals surface area (Å²) in [4.78, 5) is 20.2. The third-order valence-electron chi connectivity index (χ3n) is 5.35. The van der Waals surface area contributed by atoms with E-state index in [2.05, 4.69) is 15.3 Å². The van der Waals surface area contributed by atoms with Gasteiger partial charge in [-0.15, -0.1) is 0 Å². The lowest BCUT2D eigenvalue weighted by molar-refractivity contribution is -0.0949. The van der Waals surface area contributed by atoms with E-state index in [1.54, 1.807) is 0 Å². The van der Waals surface area contributed by atoms with E-state index >= 15 is 0 Å². The van der Waals surface area contributed by atoms with Crippen molar-refractivity contribution < 1.29 is 22.7 Å². The minimum atomic E-state index is -3.04. The number of nitrogens with one attached hydrogen (secondary N) is 1. The molecule has 6 nitrogen and oxygen atoms in total. The number of amidine groups is 1. The summed E-state index contributed by atoms with van der Waals surface area (Å²) in [5.41, 5.74) is 2.99. The van der Waals surface area contributed by atoms with Crippen LogP contribution >= 0.6 is 23.2 Å². The number of aromatic nitrogens is 1. The Morgan fingerprint density at radius 3 is 2.70 bits per heavy atom. The van der Waals surface area contributed by atoms with Gasteiger partial charge in [0.25, 0.3) is 18.4 Å². The van der Waals surface area contributed by atoms with Crippen LogP contribution in [0.5, 0.6) is 0 Å². The summed E-state index contributed by atoms with van der Waals surface area (Å²) in [6, 6.07) is 4.27. The fraction of sp³-hybridized carbons (Fsp3) is 0.316. The summed E-state index contributed by atoms with van der Waals surface area (Å²) in [6.07, 6.45) is -1.47. The molecule has 2 aromatic rings. The van der Waals surface area contributed by atoms with Crippen LogP contribution in [-0.2, 0) is 10.3 Å². The Morgan fingerprint density at radius 1 is 1.30 bits per heavy atom. The average Bonchev–Trinajstić information content (AvgIpc) is 2.65. The van der Waals surface area contributed by atoms with E-state index in [1.165, 1.54) is 18.3 Å². The van der Waals surface area contributed by atoms with Crippen LogP contribution in [0.2, 0.25) is 10.0 Å². The Balaban J connectivity index is 1.73. The summed E-state index contributed by atoms with van der Waals surface area (Å²) in [5, 5.41) is 2.73. The van der Waals surface area contributed by atoms with Crippen LogP contribution in [0, 0.1) is 11.7 Å². The number of nitrogens with two attached hydrogens (primary N) is 1. The topological polar surface area (TPSA) is 89.6 Å². The highest BCUT2D eigenvalue weighted by Gasteiger charge is 2.59. The SMILES string of the molecule is NC1=NC(c2cc(NC(=O)c3ncc(Cl)cc3Cl)ccc2F)(C(F)F)C2CCC2O1. The summed E-state index contributed by atoms with van der Waals surface area (Å²) in [7, 11) is 0. The smallest absolute Gasteiger partial charge is 0.283 e. The summed E-state index contributed by atoms with van der Waals surface area (Å²) >= 11 is 11.7. The number of alkyl halides is 2. The van der Waals surface area contributed by atoms with Gasteiger partial charge in [0.05, 0.1) is 10.0 Å². The average molecular weight is 459 g/mol. The van der Waals surface area contributed by atoms with Gasteiger partial charge in [-0.3, -0.25) is 4.79 Å². The number of carbonyl (C=O) groups is 1. The predicted molar refractivity (Wildman–Crippen MR) is 106 cm³/mol. The van der Waals surface area contributed by atoms with Gasteiger partial charge in [0, 0.05) is 23.4 Å². The van der Waals surface area contributed by atoms with Crippen molar-refractivity contribution in [2.75, 3.05) is 5.32 Å². The number of nitrogens with zero attached hydrogens (tertiary/aromatic N) is 2. The number of hydrogen-bond acceptors (Lipinski definition) is 5. The van der Waals surface area contributed by atoms with Crippen LogP contribution in [0.3, 0.4) is 0 Å². The Hall–Kier alpha value is -2.52. The quantitative estimate of drug-likeness (QED) is 0.711. The highest BCUT2D eigenvalue weighted by molar-refractivity contribution is 6.36. The third-order valence-corrected chi connectivity index (χ3v) is 5.85. The molecular formula is C19H15Cl2F3N4O2. The number of carbonyl (C=O) groups excluding carboxylic acids is 1. The van der Waals surface area contributed by atoms with Gasteiger partial charge in [-0.05, 0) is 37.1 Å². The molecule has 2 heterocycles. The molecule has 3 N–H and O–H groups in total. The predicted octanol–water partition coefficient (Wildman–Crippen LogP) is 4.36. The molecule has 1 aromatic carbocycles. The summed E-state index contributed by atoms with van der Waals surface area (Å²) in [5.74, 6) is -2.34. The minimum absolute atomic E-state index is 0.00509. The Morgan fingerprint density at radius 2 is 2.07 bits per heavy atom. The van der Waals surface area contributed by atoms with E-state index in [4.69, 9.17) is 33.7 Å². The fourth-order valence-electron chi connectivity index (χ4n) is 3.83. The first-order valence-electron chi connectivity index (χ1n) is 8.95. The second-order valence-corrected chi connectivity index (χ2v) is 7.89. The molecule has 1 aliphatic heterocycles. The molecule has 3 unspecified atom stereocenters. The molecule has 2 aliphatic rings. The van der Waals surface area contributed by atoms with Crippen molar-refractivity contribution in [3.63, 3.8) is 0 Å². The van der Waals surface area contributed by atoms with Gasteiger partial charge < -0.3 is 15.8 Å². The molecule has 1 aromatic heterocycles. The molecule has 1 saturated carbocycles. The van der Waals surface area contributed by atoms with Gasteiger partial charge >= 0.3 is 0 Å². The molecule has 0 saturated heterocycles. The van der Waals surface area contributed by atoms with Crippen LogP contribution < -0.4 is 11.1 Å². The maximum atomic E-state index is 14.7. The number of anilines is 1. The molecule has 3 atom stereocenters. The number of pyridine rings is 1. The van der Waals surface area contributed by atoms with Gasteiger partial charge in [0.15, 0.2) is 5.54 Å². The van der Waals surface area contributed by atoms with Crippen LogP contribution in [-0.4, -0.2) is 29.4 Å². The number of halogens is 5. The number of aliphatic imine (C=N–C) groups is 1. The van der Waals surface area contributed by atoms with Crippen molar-refractivity contribution >= 4 is 40.8 Å². The van der Waals surface area contributed by atoms with Gasteiger partial charge in [-0.25, -0.2) is 23.1 Å². The third kappa shape index (κ3) is 3.35. The number of hydrogen-bond donors (Lipinski definition) is 2. The lowest BCUT2D eigenvalue weighted by Crippen LogP contribution is -2.57. The van der Waals surface area contributed by atoms with Crippen LogP contribution in [0.4, 0.5) is 18.9 Å². The van der Waals surface area contributed by atoms with Crippen molar-refractivity contribution in [1.82, 2.24) is 4.98 Å². The fourth-order valence-corrected chi connectivity index (χ4v) is 4.30. The molecule has 30 heavy (non-hydrogen) atoms. The van der Waals surface area contributed by atoms with Gasteiger partial charge in [-0.2, -0.15) is 0 Å². The highest BCUT2D eigenvalue weighted by atomic mass is 35.5. The lowest BCUT2D eigenvalue weighted by Gasteiger charge is -2.50. The van der Waals surface area contributed by atoms with E-state index in [9.17, 15) is 18.0 Å². The first-order chi connectivity index (χ1) is 14.2. The van der Waals surface area contributed by atoms with Crippen molar-refractivity contribution in [3.05, 3.63) is 57.6 Å². The zero-order chi connectivity index (χ0) is 21.6. The number of ether oxygens (including phenoxy) is 1. The molecule has 4 rings (SSSR count). The van der Waals surface area contributed by atoms with E-state index in [0.29, 0.717) is 12.8 Å². The Kier molecular flexibility index (Phi) is 5.27. The molecular weight excluding hydrogens is 444 g/mol. The molecule has 1 amide bonds. The first kappa shape index (κ1) is 20.7. The molecule has 0 bridgehead atoms. The second kappa shape index (κ2) is 7.63. The number of benzene rings is 1. The largest absolute Gasteiger partial charge is 0.462 e. The summed E-state index contributed by atoms with van der Waals surface area (Å²) < 4.78 is 48.7. The van der Waals surface area contributed by atoms with E-state index in [0.717, 1.165) is 12.1 Å². The molecule has 0 radical (unpaired) electrons. The molecule has 11 heteroatoms. The van der Waals surface area contributed by atoms with Crippen molar-refractivity contribution in [1.29, 1.82) is 0 Å². The van der Waals surface area contributed by atoms with Gasteiger partial charge in [-0.1, -0.05) is 23.2 Å². The zero-order valence-electron chi connectivity index (χ0n) is 15.2. The number of fused-ring (bicyclic) bond motifs is 1. The zero-order valence-corrected chi connectivity index (χ0v) is 16.7. The molecule has 1 fully saturated rings. The van der Waals surface area contributed by atoms with Gasteiger partial charge in [0.2, 0.25) is 0 Å². The van der Waals surface area contributed by atoms with Crippen LogP contribution in [0.1, 0.15) is 28.9 Å². The second-order valence-electron chi connectivity index (χ2n) is 7.05. The standard InChI is InChI=1S/C19H15Cl2F3N4O2/c20-8-5-12(21)15(26-7-8)16(29)27-9-1-3-13(22)11(6-9)19(17(23)24)10-2-4-14(10)30-18(25)28-19/h1,3,5-7,10,14,17H,2,4H2,(H2,25,28)(H,27,29). The van der Waals surface area contributed by atoms with Crippen molar-refractivity contribution in [2.45, 2.75) is 30.9 Å². The maximum absolute atomic E-state index is 14.7. The number of amides is 1. The lowest BCUT2D eigenvalue weighted by atomic mass is 9.65. The number of rotatable bonds is 4. The van der Waals surface area contributed by atoms with E-state index in [1.807, 2.05) is 0 Å². The minimum Gasteiger partial charge on any atom is -0.462 e. The van der Waals surface area contributed by atoms with Crippen LogP contribution in [0.25, 0.3) is 0 Å². The Labute approximate surface area is 179 Å². The molecule has 158 valence electrons. The monoisotopic (exact) mass is 458 g/mol. The Bertz CT molecular complexity index is 1050. The van der Waals surface area contributed by atoms with E-state index < -0.39 is 41.7 Å². The first-order valence-corrected chi connectivity index (χ1v) is 9.70. The summed E-state index contributed by atoms with van der Waals surface area (Å²) in [6.45, 7) is 0. The van der Waals surface area contributed by atoms with Gasteiger partial charge in [0.1, 0.15) is 17.6 Å². The normalized spacial score (nSPS) is 25.1. The van der Waals surface area contributed by atoms with Crippen molar-refractivity contribution in [2.24, 2.45) is 16.6 Å². The van der Waals surface area contributed by atoms with E-state index in [-0.39, 0.29) is 27.0 Å². The highest BCUT2D eigenvalue weighted by Crippen LogP contribution is 2.53. The molecule has 1 aliphatic carbocycles. The maximum Gasteiger partial charge on any atom is 0.283 e. The van der Waals surface area contributed by atoms with Crippen molar-refractivity contribution in [3.8, 4) is 0 Å². The molecule has 0 spiro atoms. The van der Waals surface area contributed by atoms with Crippen LogP contribution in [0.15, 0.2) is 35.5 Å².